The Morgan fingerprint density at radius 2 is 1.44 bits per heavy atom. The zero-order chi connectivity index (χ0) is 6.85. The molecule has 1 radical (unpaired) electrons. The molecule has 0 aliphatic carbocycles. The Labute approximate surface area is 53.5 Å². The van der Waals surface area contributed by atoms with Crippen LogP contribution in [0.4, 0.5) is 17.1 Å². The molecule has 6 N–H and O–H groups in total. The van der Waals surface area contributed by atoms with Crippen LogP contribution in [0.15, 0.2) is 12.1 Å². The summed E-state index contributed by atoms with van der Waals surface area (Å²) in [5, 5.41) is 0. The summed E-state index contributed by atoms with van der Waals surface area (Å²) >= 11 is 0. The summed E-state index contributed by atoms with van der Waals surface area (Å²) in [5.74, 6) is 0. The average Bonchev–Trinajstić information content (AvgIpc) is 1.83. The van der Waals surface area contributed by atoms with E-state index in [0.717, 1.165) is 0 Å². The summed E-state index contributed by atoms with van der Waals surface area (Å²) in [6, 6.07) is 5.92. The second kappa shape index (κ2) is 1.85. The molecular formula is C6H8N3. The summed E-state index contributed by atoms with van der Waals surface area (Å²) in [7, 11) is 0. The van der Waals surface area contributed by atoms with Crippen molar-refractivity contribution in [1.29, 1.82) is 0 Å². The zero-order valence-electron chi connectivity index (χ0n) is 4.89. The molecule has 0 saturated heterocycles. The number of rotatable bonds is 0. The van der Waals surface area contributed by atoms with Gasteiger partial charge in [0.1, 0.15) is 0 Å². The normalized spacial score (nSPS) is 9.33. The Morgan fingerprint density at radius 1 is 1.00 bits per heavy atom. The third kappa shape index (κ3) is 0.887. The van der Waals surface area contributed by atoms with E-state index in [1.54, 1.807) is 12.1 Å². The van der Waals surface area contributed by atoms with Crippen molar-refractivity contribution in [3.8, 4) is 0 Å². The summed E-state index contributed by atoms with van der Waals surface area (Å²) in [6.45, 7) is 0. The predicted octanol–water partition coefficient (Wildman–Crippen LogP) is 0.233. The fourth-order valence-corrected chi connectivity index (χ4v) is 0.543. The molecule has 47 valence electrons. The molecular weight excluding hydrogens is 114 g/mol. The lowest BCUT2D eigenvalue weighted by atomic mass is 10.2. The monoisotopic (exact) mass is 122 g/mol. The van der Waals surface area contributed by atoms with Gasteiger partial charge < -0.3 is 17.2 Å². The van der Waals surface area contributed by atoms with Gasteiger partial charge in [-0.25, -0.2) is 0 Å². The molecule has 1 aromatic rings. The number of anilines is 3. The first kappa shape index (κ1) is 5.75. The number of nitrogen functional groups attached to an aromatic ring is 3. The van der Waals surface area contributed by atoms with Gasteiger partial charge in [-0.1, -0.05) is 0 Å². The Kier molecular flexibility index (Phi) is 1.18. The summed E-state index contributed by atoms with van der Waals surface area (Å²) in [5.41, 5.74) is 17.6. The van der Waals surface area contributed by atoms with E-state index < -0.39 is 0 Å². The van der Waals surface area contributed by atoms with Crippen molar-refractivity contribution in [1.82, 2.24) is 0 Å². The Morgan fingerprint density at radius 3 is 1.78 bits per heavy atom. The Hall–Kier alpha value is -1.38. The molecule has 1 aromatic carbocycles. The van der Waals surface area contributed by atoms with E-state index in [2.05, 4.69) is 6.07 Å². The molecule has 9 heavy (non-hydrogen) atoms. The highest BCUT2D eigenvalue weighted by molar-refractivity contribution is 5.76. The third-order valence-electron chi connectivity index (χ3n) is 1.10. The lowest BCUT2D eigenvalue weighted by Crippen LogP contribution is -1.98. The molecule has 3 nitrogen and oxygen atoms in total. The van der Waals surface area contributed by atoms with Crippen LogP contribution in [0.2, 0.25) is 0 Å². The fraction of sp³-hybridized carbons (Fsp3) is 0. The largest absolute Gasteiger partial charge is 0.397 e. The predicted molar refractivity (Wildman–Crippen MR) is 38.5 cm³/mol. The minimum Gasteiger partial charge on any atom is -0.397 e. The molecule has 0 atom stereocenters. The van der Waals surface area contributed by atoms with Gasteiger partial charge in [-0.05, 0) is 18.2 Å². The molecule has 0 amide bonds. The van der Waals surface area contributed by atoms with Crippen LogP contribution in [0.25, 0.3) is 0 Å². The summed E-state index contributed by atoms with van der Waals surface area (Å²) in [6.07, 6.45) is 0. The van der Waals surface area contributed by atoms with Crippen molar-refractivity contribution < 1.29 is 0 Å². The van der Waals surface area contributed by atoms with Gasteiger partial charge in [0.2, 0.25) is 0 Å². The van der Waals surface area contributed by atoms with Crippen LogP contribution in [0.3, 0.4) is 0 Å². The van der Waals surface area contributed by atoms with E-state index in [9.17, 15) is 0 Å². The van der Waals surface area contributed by atoms with Crippen molar-refractivity contribution in [3.63, 3.8) is 0 Å². The number of benzene rings is 1. The maximum atomic E-state index is 5.41. The topological polar surface area (TPSA) is 78.1 Å². The standard InChI is InChI=1S/C6H8N3/c7-4-2-1-3-5(8)6(4)9/h2-3H,7-9H2. The molecule has 0 aliphatic rings. The van der Waals surface area contributed by atoms with Crippen LogP contribution in [0.5, 0.6) is 0 Å². The SMILES string of the molecule is Nc1c[c]cc(N)c1N. The lowest BCUT2D eigenvalue weighted by molar-refractivity contribution is 1.64. The molecule has 0 aromatic heterocycles. The van der Waals surface area contributed by atoms with E-state index in [1.807, 2.05) is 0 Å². The van der Waals surface area contributed by atoms with E-state index in [0.29, 0.717) is 17.1 Å². The van der Waals surface area contributed by atoms with Crippen LogP contribution < -0.4 is 17.2 Å². The summed E-state index contributed by atoms with van der Waals surface area (Å²) < 4.78 is 0. The van der Waals surface area contributed by atoms with E-state index in [1.165, 1.54) is 0 Å². The molecule has 0 bridgehead atoms. The Balaban J connectivity index is 3.25. The smallest absolute Gasteiger partial charge is 0.0781 e. The zero-order valence-corrected chi connectivity index (χ0v) is 4.89. The van der Waals surface area contributed by atoms with E-state index in [-0.39, 0.29) is 0 Å². The Bertz CT molecular complexity index is 199. The first-order valence-corrected chi connectivity index (χ1v) is 2.52. The van der Waals surface area contributed by atoms with Crippen LogP contribution in [-0.4, -0.2) is 0 Å². The minimum atomic E-state index is 0.439. The first-order valence-electron chi connectivity index (χ1n) is 2.52. The molecule has 1 rings (SSSR count). The maximum Gasteiger partial charge on any atom is 0.0781 e. The number of nitrogens with two attached hydrogens (primary N) is 3. The van der Waals surface area contributed by atoms with Gasteiger partial charge >= 0.3 is 0 Å². The maximum absolute atomic E-state index is 5.41. The number of hydrogen-bond acceptors (Lipinski definition) is 3. The van der Waals surface area contributed by atoms with Crippen LogP contribution >= 0.6 is 0 Å². The average molecular weight is 122 g/mol. The molecule has 0 heterocycles. The summed E-state index contributed by atoms with van der Waals surface area (Å²) in [4.78, 5) is 0. The van der Waals surface area contributed by atoms with Crippen LogP contribution in [-0.2, 0) is 0 Å². The van der Waals surface area contributed by atoms with Gasteiger partial charge in [0.15, 0.2) is 0 Å². The molecule has 0 saturated carbocycles. The van der Waals surface area contributed by atoms with Gasteiger partial charge in [0.05, 0.1) is 17.1 Å². The van der Waals surface area contributed by atoms with Gasteiger partial charge in [0.25, 0.3) is 0 Å². The second-order valence-corrected chi connectivity index (χ2v) is 1.78. The van der Waals surface area contributed by atoms with Gasteiger partial charge in [-0.3, -0.25) is 0 Å². The molecule has 0 aliphatic heterocycles. The van der Waals surface area contributed by atoms with Crippen molar-refractivity contribution in [2.24, 2.45) is 0 Å². The van der Waals surface area contributed by atoms with E-state index in [4.69, 9.17) is 17.2 Å². The van der Waals surface area contributed by atoms with Crippen LogP contribution in [0, 0.1) is 6.07 Å². The van der Waals surface area contributed by atoms with Gasteiger partial charge in [-0.2, -0.15) is 0 Å². The highest BCUT2D eigenvalue weighted by atomic mass is 14.7. The molecule has 3 heteroatoms. The highest BCUT2D eigenvalue weighted by Crippen LogP contribution is 2.19. The fourth-order valence-electron chi connectivity index (χ4n) is 0.543. The lowest BCUT2D eigenvalue weighted by Gasteiger charge is -2.00. The van der Waals surface area contributed by atoms with Crippen molar-refractivity contribution in [2.45, 2.75) is 0 Å². The van der Waals surface area contributed by atoms with Crippen molar-refractivity contribution in [2.75, 3.05) is 17.2 Å². The van der Waals surface area contributed by atoms with Crippen molar-refractivity contribution >= 4 is 17.1 Å². The minimum absolute atomic E-state index is 0.439. The second-order valence-electron chi connectivity index (χ2n) is 1.78. The van der Waals surface area contributed by atoms with Crippen molar-refractivity contribution in [3.05, 3.63) is 18.2 Å². The highest BCUT2D eigenvalue weighted by Gasteiger charge is 1.94. The number of hydrogen-bond donors (Lipinski definition) is 3. The molecule has 0 spiro atoms. The third-order valence-corrected chi connectivity index (χ3v) is 1.10. The van der Waals surface area contributed by atoms with Crippen LogP contribution in [0.1, 0.15) is 0 Å². The molecule has 0 fully saturated rings. The van der Waals surface area contributed by atoms with Gasteiger partial charge in [0, 0.05) is 0 Å². The quantitative estimate of drug-likeness (QED) is 0.431. The first-order chi connectivity index (χ1) is 4.22. The van der Waals surface area contributed by atoms with Gasteiger partial charge in [-0.15, -0.1) is 0 Å². The molecule has 0 unspecified atom stereocenters. The van der Waals surface area contributed by atoms with E-state index >= 15 is 0 Å².